The molecular weight excluding hydrogens is 474 g/mol. The van der Waals surface area contributed by atoms with Crippen molar-refractivity contribution in [2.45, 2.75) is 63.5 Å². The monoisotopic (exact) mass is 499 g/mol. The molecule has 0 bridgehead atoms. The van der Waals surface area contributed by atoms with E-state index in [1.807, 2.05) is 0 Å². The Morgan fingerprint density at radius 2 is 1.94 bits per heavy atom. The van der Waals surface area contributed by atoms with E-state index in [2.05, 4.69) is 20.6 Å². The molecule has 1 unspecified atom stereocenters. The molecule has 2 saturated carbocycles. The summed E-state index contributed by atoms with van der Waals surface area (Å²) in [4.78, 5) is 47.7. The van der Waals surface area contributed by atoms with Crippen molar-refractivity contribution in [3.63, 3.8) is 0 Å². The number of rotatable bonds is 7. The van der Waals surface area contributed by atoms with Gasteiger partial charge in [0.05, 0.1) is 23.4 Å². The summed E-state index contributed by atoms with van der Waals surface area (Å²) in [5.41, 5.74) is 0.613. The quantitative estimate of drug-likeness (QED) is 0.496. The Balaban J connectivity index is 1.45. The van der Waals surface area contributed by atoms with E-state index in [4.69, 9.17) is 11.6 Å². The number of benzene rings is 1. The number of nitrogens with one attached hydrogen (secondary N) is 2. The molecular formula is C24H26ClN5O3S. The summed E-state index contributed by atoms with van der Waals surface area (Å²) in [5.74, 6) is -0.104. The number of anilines is 1. The van der Waals surface area contributed by atoms with Crippen molar-refractivity contribution in [1.82, 2.24) is 19.9 Å². The lowest BCUT2D eigenvalue weighted by molar-refractivity contribution is -0.120. The van der Waals surface area contributed by atoms with Gasteiger partial charge in [-0.05, 0) is 43.4 Å². The Labute approximate surface area is 205 Å². The number of carbonyl (C=O) groups is 2. The number of fused-ring (bicyclic) bond motifs is 1. The van der Waals surface area contributed by atoms with Crippen molar-refractivity contribution in [1.29, 1.82) is 0 Å². The van der Waals surface area contributed by atoms with Crippen LogP contribution in [-0.2, 0) is 4.79 Å². The van der Waals surface area contributed by atoms with Gasteiger partial charge in [0.2, 0.25) is 5.91 Å². The fourth-order valence-electron chi connectivity index (χ4n) is 4.58. The van der Waals surface area contributed by atoms with Crippen LogP contribution in [0.4, 0.5) is 5.13 Å². The van der Waals surface area contributed by atoms with Gasteiger partial charge in [0, 0.05) is 11.6 Å². The second kappa shape index (κ2) is 9.84. The second-order valence-corrected chi connectivity index (χ2v) is 10.8. The van der Waals surface area contributed by atoms with Crippen LogP contribution in [0.2, 0.25) is 4.34 Å². The fourth-order valence-corrected chi connectivity index (χ4v) is 5.40. The van der Waals surface area contributed by atoms with E-state index in [0.717, 1.165) is 38.5 Å². The predicted molar refractivity (Wildman–Crippen MR) is 132 cm³/mol. The molecule has 2 aliphatic rings. The van der Waals surface area contributed by atoms with Gasteiger partial charge in [-0.1, -0.05) is 55.0 Å². The summed E-state index contributed by atoms with van der Waals surface area (Å²) >= 11 is 7.14. The number of aromatic nitrogens is 3. The largest absolute Gasteiger partial charge is 0.349 e. The number of hydrogen-bond acceptors (Lipinski definition) is 6. The smallest absolute Gasteiger partial charge is 0.261 e. The molecule has 2 heterocycles. The molecule has 2 N–H and O–H groups in total. The molecule has 2 amide bonds. The maximum Gasteiger partial charge on any atom is 0.261 e. The SMILES string of the molecule is O=C(NC1CC1)c1ccc2c(=O)n(C(CC3CCCCC3)C(=O)Nc3ncc(Cl)s3)cnc2c1. The van der Waals surface area contributed by atoms with Crippen LogP contribution >= 0.6 is 22.9 Å². The van der Waals surface area contributed by atoms with E-state index in [1.165, 1.54) is 34.8 Å². The Hall–Kier alpha value is -2.78. The van der Waals surface area contributed by atoms with E-state index >= 15 is 0 Å². The highest BCUT2D eigenvalue weighted by Crippen LogP contribution is 2.32. The van der Waals surface area contributed by atoms with E-state index in [1.54, 1.807) is 18.2 Å². The number of thiazole rings is 1. The van der Waals surface area contributed by atoms with Crippen molar-refractivity contribution in [3.05, 3.63) is 51.0 Å². The van der Waals surface area contributed by atoms with Crippen LogP contribution in [-0.4, -0.2) is 32.4 Å². The highest BCUT2D eigenvalue weighted by molar-refractivity contribution is 7.19. The van der Waals surface area contributed by atoms with Crippen LogP contribution in [0.25, 0.3) is 10.9 Å². The van der Waals surface area contributed by atoms with E-state index in [0.29, 0.717) is 38.3 Å². The highest BCUT2D eigenvalue weighted by atomic mass is 35.5. The van der Waals surface area contributed by atoms with Crippen molar-refractivity contribution >= 4 is 50.8 Å². The van der Waals surface area contributed by atoms with Crippen LogP contribution in [0.15, 0.2) is 35.5 Å². The maximum absolute atomic E-state index is 13.4. The van der Waals surface area contributed by atoms with Gasteiger partial charge in [-0.3, -0.25) is 19.0 Å². The number of hydrogen-bond donors (Lipinski definition) is 2. The molecule has 2 aromatic heterocycles. The molecule has 1 atom stereocenters. The molecule has 34 heavy (non-hydrogen) atoms. The molecule has 8 nitrogen and oxygen atoms in total. The maximum atomic E-state index is 13.4. The van der Waals surface area contributed by atoms with Crippen molar-refractivity contribution < 1.29 is 9.59 Å². The molecule has 1 aromatic carbocycles. The molecule has 2 aliphatic carbocycles. The van der Waals surface area contributed by atoms with Crippen LogP contribution in [0.5, 0.6) is 0 Å². The van der Waals surface area contributed by atoms with Gasteiger partial charge in [0.15, 0.2) is 5.13 Å². The Morgan fingerprint density at radius 1 is 1.15 bits per heavy atom. The van der Waals surface area contributed by atoms with E-state index in [-0.39, 0.29) is 23.4 Å². The number of nitrogens with zero attached hydrogens (tertiary/aromatic N) is 3. The van der Waals surface area contributed by atoms with Gasteiger partial charge in [0.25, 0.3) is 11.5 Å². The zero-order chi connectivity index (χ0) is 23.7. The third-order valence-electron chi connectivity index (χ3n) is 6.59. The van der Waals surface area contributed by atoms with Gasteiger partial charge in [0.1, 0.15) is 10.4 Å². The first-order chi connectivity index (χ1) is 16.5. The Bertz CT molecular complexity index is 1280. The van der Waals surface area contributed by atoms with Crippen molar-refractivity contribution in [2.75, 3.05) is 5.32 Å². The molecule has 0 radical (unpaired) electrons. The highest BCUT2D eigenvalue weighted by Gasteiger charge is 2.28. The summed E-state index contributed by atoms with van der Waals surface area (Å²) in [6.45, 7) is 0. The second-order valence-electron chi connectivity index (χ2n) is 9.15. The first-order valence-electron chi connectivity index (χ1n) is 11.7. The van der Waals surface area contributed by atoms with Crippen molar-refractivity contribution in [3.8, 4) is 0 Å². The normalized spacial score (nSPS) is 17.4. The topological polar surface area (TPSA) is 106 Å². The zero-order valence-corrected chi connectivity index (χ0v) is 20.2. The molecule has 3 aromatic rings. The first kappa shape index (κ1) is 23.0. The molecule has 5 rings (SSSR count). The summed E-state index contributed by atoms with van der Waals surface area (Å²) in [6, 6.07) is 4.43. The standard InChI is InChI=1S/C24H26ClN5O3S/c25-20-12-26-24(34-20)29-22(32)19(10-14-4-2-1-3-5-14)30-13-27-18-11-15(6-9-17(18)23(30)33)21(31)28-16-7-8-16/h6,9,11-14,16,19H,1-5,7-8,10H2,(H,28,31)(H,26,29,32). The minimum Gasteiger partial charge on any atom is -0.349 e. The lowest BCUT2D eigenvalue weighted by Crippen LogP contribution is -2.35. The summed E-state index contributed by atoms with van der Waals surface area (Å²) in [6.07, 6.45) is 11.0. The fraction of sp³-hybridized carbons (Fsp3) is 0.458. The van der Waals surface area contributed by atoms with Crippen LogP contribution in [0, 0.1) is 5.92 Å². The van der Waals surface area contributed by atoms with Gasteiger partial charge in [-0.15, -0.1) is 0 Å². The summed E-state index contributed by atoms with van der Waals surface area (Å²) < 4.78 is 1.90. The van der Waals surface area contributed by atoms with Gasteiger partial charge in [-0.25, -0.2) is 9.97 Å². The number of amides is 2. The van der Waals surface area contributed by atoms with Crippen molar-refractivity contribution in [2.24, 2.45) is 5.92 Å². The molecule has 0 spiro atoms. The molecule has 10 heteroatoms. The Morgan fingerprint density at radius 3 is 2.65 bits per heavy atom. The lowest BCUT2D eigenvalue weighted by Gasteiger charge is -2.27. The molecule has 178 valence electrons. The average Bonchev–Trinajstić information content (AvgIpc) is 3.57. The van der Waals surface area contributed by atoms with Crippen LogP contribution < -0.4 is 16.2 Å². The lowest BCUT2D eigenvalue weighted by atomic mass is 9.84. The third kappa shape index (κ3) is 5.15. The Kier molecular flexibility index (Phi) is 6.65. The molecule has 2 fully saturated rings. The summed E-state index contributed by atoms with van der Waals surface area (Å²) in [7, 11) is 0. The molecule has 0 aliphatic heterocycles. The summed E-state index contributed by atoms with van der Waals surface area (Å²) in [5, 5.41) is 6.54. The predicted octanol–water partition coefficient (Wildman–Crippen LogP) is 4.55. The first-order valence-corrected chi connectivity index (χ1v) is 12.9. The van der Waals surface area contributed by atoms with E-state index < -0.39 is 6.04 Å². The number of halogens is 1. The van der Waals surface area contributed by atoms with Crippen LogP contribution in [0.3, 0.4) is 0 Å². The van der Waals surface area contributed by atoms with Gasteiger partial charge >= 0.3 is 0 Å². The minimum absolute atomic E-state index is 0.160. The van der Waals surface area contributed by atoms with Gasteiger partial charge < -0.3 is 10.6 Å². The average molecular weight is 500 g/mol. The van der Waals surface area contributed by atoms with Crippen LogP contribution in [0.1, 0.15) is 67.8 Å². The zero-order valence-electron chi connectivity index (χ0n) is 18.6. The van der Waals surface area contributed by atoms with E-state index in [9.17, 15) is 14.4 Å². The number of carbonyl (C=O) groups excluding carboxylic acids is 2. The third-order valence-corrected chi connectivity index (χ3v) is 7.62. The minimum atomic E-state index is -0.715. The molecule has 0 saturated heterocycles. The van der Waals surface area contributed by atoms with Gasteiger partial charge in [-0.2, -0.15) is 0 Å².